The van der Waals surface area contributed by atoms with Gasteiger partial charge in [-0.3, -0.25) is 9.32 Å². The number of H-pyrrole nitrogens is 1. The molecule has 0 saturated carbocycles. The molecule has 3 unspecified atom stereocenters. The fraction of sp³-hybridized carbons (Fsp3) is 0.467. The molecule has 0 amide bonds. The van der Waals surface area contributed by atoms with Crippen LogP contribution in [0.5, 0.6) is 0 Å². The Kier molecular flexibility index (Phi) is 7.29. The number of aliphatic hydroxyl groups excluding tert-OH is 1. The molecular formula is C15H19FN3O14P3. The Hall–Kier alpha value is -1.80. The molecule has 1 aliphatic heterocycles. The molecule has 2 aromatic heterocycles. The monoisotopic (exact) mass is 579 g/mol. The van der Waals surface area contributed by atoms with Crippen molar-refractivity contribution in [2.75, 3.05) is 13.2 Å². The van der Waals surface area contributed by atoms with Crippen LogP contribution in [0, 0.1) is 18.8 Å². The second-order valence-corrected chi connectivity index (χ2v) is 11.4. The molecule has 2 aromatic rings. The molecule has 3 rings (SSSR count). The van der Waals surface area contributed by atoms with Crippen molar-refractivity contribution in [2.24, 2.45) is 0 Å². The van der Waals surface area contributed by atoms with Crippen molar-refractivity contribution in [3.05, 3.63) is 28.4 Å². The van der Waals surface area contributed by atoms with Gasteiger partial charge in [0, 0.05) is 6.20 Å². The van der Waals surface area contributed by atoms with Gasteiger partial charge in [0.05, 0.1) is 14.7 Å². The Morgan fingerprint density at radius 2 is 1.97 bits per heavy atom. The quantitative estimate of drug-likeness (QED) is 0.151. The predicted octanol–water partition coefficient (Wildman–Crippen LogP) is -0.661. The van der Waals surface area contributed by atoms with Crippen molar-refractivity contribution >= 4 is 34.5 Å². The molecule has 0 aromatic carbocycles. The number of phosphoric acid groups is 3. The van der Waals surface area contributed by atoms with Gasteiger partial charge in [0.2, 0.25) is 0 Å². The zero-order valence-corrected chi connectivity index (χ0v) is 20.3. The van der Waals surface area contributed by atoms with E-state index < -0.39 is 66.3 Å². The molecule has 0 bridgehead atoms. The summed E-state index contributed by atoms with van der Waals surface area (Å²) in [6.45, 7) is -3.64. The molecule has 17 nitrogen and oxygen atoms in total. The second-order valence-electron chi connectivity index (χ2n) is 7.03. The van der Waals surface area contributed by atoms with Crippen molar-refractivity contribution in [3.63, 3.8) is 0 Å². The molecule has 200 valence electrons. The molecule has 0 spiro atoms. The fourth-order valence-corrected chi connectivity index (χ4v) is 6.01. The molecule has 3 heterocycles. The molecule has 36 heavy (non-hydrogen) atoms. The van der Waals surface area contributed by atoms with Crippen LogP contribution in [0.3, 0.4) is 0 Å². The van der Waals surface area contributed by atoms with Gasteiger partial charge in [-0.1, -0.05) is 11.8 Å². The summed E-state index contributed by atoms with van der Waals surface area (Å²) in [4.78, 5) is 54.9. The normalized spacial score (nSPS) is 29.1. The molecular weight excluding hydrogens is 558 g/mol. The van der Waals surface area contributed by atoms with Crippen LogP contribution in [0.25, 0.3) is 11.0 Å². The largest absolute Gasteiger partial charge is 0.490 e. The smallest absolute Gasteiger partial charge is 0.386 e. The lowest BCUT2D eigenvalue weighted by Gasteiger charge is -2.26. The molecule has 7 N–H and O–H groups in total. The summed E-state index contributed by atoms with van der Waals surface area (Å²) >= 11 is 0. The van der Waals surface area contributed by atoms with Crippen molar-refractivity contribution in [3.8, 4) is 11.8 Å². The number of hydrogen-bond acceptors (Lipinski definition) is 11. The van der Waals surface area contributed by atoms with E-state index in [0.29, 0.717) is 0 Å². The Labute approximate surface area is 202 Å². The van der Waals surface area contributed by atoms with E-state index in [0.717, 1.165) is 10.8 Å². The summed E-state index contributed by atoms with van der Waals surface area (Å²) in [6.07, 6.45) is -5.79. The molecule has 6 atom stereocenters. The van der Waals surface area contributed by atoms with E-state index in [-0.39, 0.29) is 16.9 Å². The summed E-state index contributed by atoms with van der Waals surface area (Å²) < 4.78 is 80.7. The fourth-order valence-electron chi connectivity index (χ4n) is 3.13. The first kappa shape index (κ1) is 25.8. The second kappa shape index (κ2) is 10.2. The number of aromatic nitrogens is 3. The number of rotatable bonds is 8. The van der Waals surface area contributed by atoms with Gasteiger partial charge in [-0.25, -0.2) is 23.1 Å². The summed E-state index contributed by atoms with van der Waals surface area (Å²) in [5.74, 6) is 3.90. The average Bonchev–Trinajstić information content (AvgIpc) is 3.22. The maximum atomic E-state index is 12.8. The van der Waals surface area contributed by atoms with Gasteiger partial charge in [-0.05, 0) is 13.0 Å². The van der Waals surface area contributed by atoms with Crippen LogP contribution in [-0.4, -0.2) is 75.4 Å². The number of fused-ring (bicyclic) bond motifs is 1. The highest BCUT2D eigenvalue weighted by molar-refractivity contribution is 7.66. The predicted molar refractivity (Wildman–Crippen MR) is 114 cm³/mol. The van der Waals surface area contributed by atoms with Crippen LogP contribution in [0.15, 0.2) is 17.1 Å². The SMILES string of the molecule is [2H]C([2H])(OP(=O)(O)OP(=O)(O)OP(=O)(O)O)[C@H]1O[C@@H](n2ccc3c(=O)[nH]c(C)nc32)C(O)(C#CCF)[C@H]1O. The number of aliphatic hydroxyl groups is 2. The van der Waals surface area contributed by atoms with Gasteiger partial charge in [0.25, 0.3) is 5.56 Å². The zero-order valence-electron chi connectivity index (χ0n) is 19.7. The van der Waals surface area contributed by atoms with Crippen molar-refractivity contribution < 1.29 is 68.5 Å². The molecule has 0 aliphatic carbocycles. The van der Waals surface area contributed by atoms with Crippen molar-refractivity contribution in [1.29, 1.82) is 0 Å². The van der Waals surface area contributed by atoms with Gasteiger partial charge in [-0.2, -0.15) is 8.62 Å². The summed E-state index contributed by atoms with van der Waals surface area (Å²) in [6, 6.07) is 1.22. The van der Waals surface area contributed by atoms with Gasteiger partial charge < -0.3 is 44.1 Å². The van der Waals surface area contributed by atoms with E-state index in [4.69, 9.17) is 17.3 Å². The lowest BCUT2D eigenvalue weighted by Crippen LogP contribution is -2.46. The number of hydrogen-bond donors (Lipinski definition) is 7. The van der Waals surface area contributed by atoms with E-state index in [2.05, 4.69) is 23.1 Å². The van der Waals surface area contributed by atoms with Crippen LogP contribution in [0.2, 0.25) is 0 Å². The number of aromatic amines is 1. The maximum Gasteiger partial charge on any atom is 0.490 e. The number of ether oxygens (including phenoxy) is 1. The standard InChI is InChI=1S/C15H19FN3O14P3/c1-8-17-12-9(13(21)18-8)3-6-19(12)14-15(22,4-2-5-16)11(20)10(31-14)7-30-35(26,27)33-36(28,29)32-34(23,24)25/h3,6,10-11,14,20,22H,5,7H2,1H3,(H,26,27)(H,28,29)(H,17,18,21)(H2,23,24,25)/t10-,11+,14-,15?/m1/s1/i7D2. The number of phosphoric ester groups is 1. The third kappa shape index (κ3) is 6.36. The van der Waals surface area contributed by atoms with E-state index in [9.17, 15) is 42.9 Å². The number of nitrogens with zero attached hydrogens (tertiary/aromatic N) is 2. The third-order valence-electron chi connectivity index (χ3n) is 4.40. The molecule has 1 fully saturated rings. The lowest BCUT2D eigenvalue weighted by atomic mass is 9.94. The summed E-state index contributed by atoms with van der Waals surface area (Å²) in [5.41, 5.74) is -3.64. The zero-order chi connectivity index (χ0) is 28.9. The number of nitrogens with one attached hydrogen (secondary N) is 1. The topological polar surface area (TPSA) is 260 Å². The number of alkyl halides is 1. The highest BCUT2D eigenvalue weighted by atomic mass is 31.3. The number of halogens is 1. The molecule has 21 heteroatoms. The van der Waals surface area contributed by atoms with Crippen LogP contribution >= 0.6 is 23.5 Å². The van der Waals surface area contributed by atoms with E-state index in [1.54, 1.807) is 0 Å². The van der Waals surface area contributed by atoms with Crippen molar-refractivity contribution in [2.45, 2.75) is 31.0 Å². The average molecular weight is 579 g/mol. The molecule has 0 radical (unpaired) electrons. The maximum absolute atomic E-state index is 12.8. The van der Waals surface area contributed by atoms with Crippen LogP contribution in [0.4, 0.5) is 4.39 Å². The van der Waals surface area contributed by atoms with Crippen LogP contribution in [0.1, 0.15) is 14.8 Å². The summed E-state index contributed by atoms with van der Waals surface area (Å²) in [5, 5.41) is 21.8. The highest BCUT2D eigenvalue weighted by Crippen LogP contribution is 2.66. The van der Waals surface area contributed by atoms with E-state index in [1.165, 1.54) is 13.0 Å². The Morgan fingerprint density at radius 3 is 2.58 bits per heavy atom. The number of aryl methyl sites for hydroxylation is 1. The Bertz CT molecular complexity index is 1500. The Morgan fingerprint density at radius 1 is 1.31 bits per heavy atom. The minimum Gasteiger partial charge on any atom is -0.386 e. The highest BCUT2D eigenvalue weighted by Gasteiger charge is 2.56. The van der Waals surface area contributed by atoms with E-state index >= 15 is 0 Å². The first-order valence-corrected chi connectivity index (χ1v) is 13.8. The minimum atomic E-state index is -6.09. The van der Waals surface area contributed by atoms with Crippen LogP contribution in [-0.2, 0) is 31.6 Å². The van der Waals surface area contributed by atoms with Gasteiger partial charge in [0.1, 0.15) is 30.4 Å². The lowest BCUT2D eigenvalue weighted by molar-refractivity contribution is -0.0716. The molecule has 1 saturated heterocycles. The van der Waals surface area contributed by atoms with Gasteiger partial charge >= 0.3 is 23.5 Å². The van der Waals surface area contributed by atoms with Crippen molar-refractivity contribution in [1.82, 2.24) is 14.5 Å². The first-order valence-electron chi connectivity index (χ1n) is 10.3. The van der Waals surface area contributed by atoms with Gasteiger partial charge in [0.15, 0.2) is 11.8 Å². The first-order chi connectivity index (χ1) is 17.2. The van der Waals surface area contributed by atoms with E-state index in [1.807, 2.05) is 11.8 Å². The van der Waals surface area contributed by atoms with Crippen LogP contribution < -0.4 is 5.56 Å². The third-order valence-corrected chi connectivity index (χ3v) is 8.06. The minimum absolute atomic E-state index is 0.0470. The Balaban J connectivity index is 2.01. The summed E-state index contributed by atoms with van der Waals surface area (Å²) in [7, 11) is -17.9. The van der Waals surface area contributed by atoms with Gasteiger partial charge in [-0.15, -0.1) is 0 Å². The molecule has 1 aliphatic rings.